The van der Waals surface area contributed by atoms with Gasteiger partial charge < -0.3 is 4.42 Å². The van der Waals surface area contributed by atoms with Crippen molar-refractivity contribution in [2.24, 2.45) is 4.99 Å². The average molecular weight is 233 g/mol. The summed E-state index contributed by atoms with van der Waals surface area (Å²) in [6.07, 6.45) is 1.82. The Balaban J connectivity index is 2.13. The van der Waals surface area contributed by atoms with Crippen LogP contribution in [0.15, 0.2) is 58.5 Å². The van der Waals surface area contributed by atoms with Crippen molar-refractivity contribution in [3.63, 3.8) is 0 Å². The van der Waals surface area contributed by atoms with Gasteiger partial charge in [0.25, 0.3) is 0 Å². The normalized spacial score (nSPS) is 13.9. The van der Waals surface area contributed by atoms with Crippen LogP contribution in [-0.4, -0.2) is 5.71 Å². The minimum absolute atomic E-state index is 0.726. The van der Waals surface area contributed by atoms with E-state index in [9.17, 15) is 0 Å². The summed E-state index contributed by atoms with van der Waals surface area (Å²) < 4.78 is 5.87. The Kier molecular flexibility index (Phi) is 1.78. The first-order chi connectivity index (χ1) is 8.86. The molecular formula is C16H11NO. The van der Waals surface area contributed by atoms with Crippen LogP contribution in [0.4, 0.5) is 0 Å². The lowest BCUT2D eigenvalue weighted by Gasteiger charge is -1.99. The zero-order valence-electron chi connectivity index (χ0n) is 9.81. The minimum atomic E-state index is 0.726. The summed E-state index contributed by atoms with van der Waals surface area (Å²) in [5.41, 5.74) is 5.27. The number of allylic oxidation sites excluding steroid dienone is 1. The van der Waals surface area contributed by atoms with Crippen LogP contribution in [-0.2, 0) is 6.54 Å². The monoisotopic (exact) mass is 233 g/mol. The smallest absolute Gasteiger partial charge is 0.135 e. The summed E-state index contributed by atoms with van der Waals surface area (Å²) in [6.45, 7) is 4.54. The van der Waals surface area contributed by atoms with Gasteiger partial charge in [-0.05, 0) is 29.8 Å². The molecule has 4 rings (SSSR count). The molecule has 1 aliphatic rings. The van der Waals surface area contributed by atoms with Crippen LogP contribution in [0.3, 0.4) is 0 Å². The standard InChI is InChI=1S/C16H11NO/c1-2-14-12-8-13-11-5-3-4-6-15(11)18-16(13)7-10(12)9-17-14/h2-8H,1,9H2. The maximum atomic E-state index is 5.87. The molecule has 0 saturated carbocycles. The number of aliphatic imine (C=N–C) groups is 1. The van der Waals surface area contributed by atoms with E-state index in [1.165, 1.54) is 11.1 Å². The molecule has 0 unspecified atom stereocenters. The first-order valence-corrected chi connectivity index (χ1v) is 5.98. The Hall–Kier alpha value is -2.35. The maximum Gasteiger partial charge on any atom is 0.135 e. The molecule has 0 bridgehead atoms. The van der Waals surface area contributed by atoms with Crippen LogP contribution in [0.1, 0.15) is 11.1 Å². The van der Waals surface area contributed by atoms with Gasteiger partial charge >= 0.3 is 0 Å². The Morgan fingerprint density at radius 2 is 2.00 bits per heavy atom. The highest BCUT2D eigenvalue weighted by Crippen LogP contribution is 2.33. The van der Waals surface area contributed by atoms with Gasteiger partial charge in [0.15, 0.2) is 0 Å². The first kappa shape index (κ1) is 9.66. The number of hydrogen-bond donors (Lipinski definition) is 0. The molecule has 0 atom stereocenters. The molecule has 1 aliphatic heterocycles. The highest BCUT2D eigenvalue weighted by Gasteiger charge is 2.17. The lowest BCUT2D eigenvalue weighted by Crippen LogP contribution is -1.92. The second-order valence-corrected chi connectivity index (χ2v) is 4.51. The molecule has 2 heterocycles. The van der Waals surface area contributed by atoms with Gasteiger partial charge in [-0.2, -0.15) is 0 Å². The molecule has 0 fully saturated rings. The van der Waals surface area contributed by atoms with Gasteiger partial charge in [0, 0.05) is 16.3 Å². The highest BCUT2D eigenvalue weighted by atomic mass is 16.3. The topological polar surface area (TPSA) is 25.5 Å². The predicted octanol–water partition coefficient (Wildman–Crippen LogP) is 4.07. The van der Waals surface area contributed by atoms with Crippen molar-refractivity contribution >= 4 is 27.7 Å². The Bertz CT molecular complexity index is 824. The summed E-state index contributed by atoms with van der Waals surface area (Å²) >= 11 is 0. The second-order valence-electron chi connectivity index (χ2n) is 4.51. The van der Waals surface area contributed by atoms with Crippen LogP contribution in [0.2, 0.25) is 0 Å². The average Bonchev–Trinajstić information content (AvgIpc) is 2.96. The molecule has 86 valence electrons. The van der Waals surface area contributed by atoms with E-state index in [1.54, 1.807) is 0 Å². The van der Waals surface area contributed by atoms with Crippen LogP contribution >= 0.6 is 0 Å². The zero-order chi connectivity index (χ0) is 12.1. The van der Waals surface area contributed by atoms with Gasteiger partial charge in [0.2, 0.25) is 0 Å². The summed E-state index contributed by atoms with van der Waals surface area (Å²) in [4.78, 5) is 4.46. The predicted molar refractivity (Wildman–Crippen MR) is 74.2 cm³/mol. The lowest BCUT2D eigenvalue weighted by molar-refractivity contribution is 0.668. The van der Waals surface area contributed by atoms with Gasteiger partial charge in [0.1, 0.15) is 11.2 Å². The first-order valence-electron chi connectivity index (χ1n) is 5.98. The fraction of sp³-hybridized carbons (Fsp3) is 0.0625. The molecular weight excluding hydrogens is 222 g/mol. The molecule has 0 radical (unpaired) electrons. The van der Waals surface area contributed by atoms with Crippen LogP contribution < -0.4 is 0 Å². The molecule has 2 aromatic carbocycles. The second kappa shape index (κ2) is 3.33. The van der Waals surface area contributed by atoms with Crippen molar-refractivity contribution in [2.75, 3.05) is 0 Å². The molecule has 0 saturated heterocycles. The third-order valence-corrected chi connectivity index (χ3v) is 3.49. The van der Waals surface area contributed by atoms with E-state index in [1.807, 2.05) is 24.3 Å². The number of hydrogen-bond acceptors (Lipinski definition) is 2. The van der Waals surface area contributed by atoms with E-state index in [-0.39, 0.29) is 0 Å². The fourth-order valence-electron chi connectivity index (χ4n) is 2.61. The number of benzene rings is 2. The summed E-state index contributed by atoms with van der Waals surface area (Å²) in [7, 11) is 0. The van der Waals surface area contributed by atoms with E-state index in [0.29, 0.717) is 0 Å². The van der Waals surface area contributed by atoms with Crippen molar-refractivity contribution in [1.29, 1.82) is 0 Å². The summed E-state index contributed by atoms with van der Waals surface area (Å²) in [5.74, 6) is 0. The fourth-order valence-corrected chi connectivity index (χ4v) is 2.61. The molecule has 1 aromatic heterocycles. The molecule has 2 nitrogen and oxygen atoms in total. The lowest BCUT2D eigenvalue weighted by atomic mass is 10.0. The van der Waals surface area contributed by atoms with Crippen LogP contribution in [0, 0.1) is 0 Å². The van der Waals surface area contributed by atoms with Gasteiger partial charge in [-0.1, -0.05) is 24.8 Å². The van der Waals surface area contributed by atoms with E-state index in [2.05, 4.69) is 29.8 Å². The van der Waals surface area contributed by atoms with E-state index in [0.717, 1.165) is 34.2 Å². The van der Waals surface area contributed by atoms with Crippen molar-refractivity contribution < 1.29 is 4.42 Å². The van der Waals surface area contributed by atoms with Crippen molar-refractivity contribution in [1.82, 2.24) is 0 Å². The van der Waals surface area contributed by atoms with Crippen molar-refractivity contribution in [2.45, 2.75) is 6.54 Å². The van der Waals surface area contributed by atoms with Gasteiger partial charge in [-0.3, -0.25) is 4.99 Å². The minimum Gasteiger partial charge on any atom is -0.456 e. The van der Waals surface area contributed by atoms with Crippen molar-refractivity contribution in [3.8, 4) is 0 Å². The van der Waals surface area contributed by atoms with E-state index < -0.39 is 0 Å². The number of fused-ring (bicyclic) bond motifs is 4. The van der Waals surface area contributed by atoms with Crippen LogP contribution in [0.25, 0.3) is 21.9 Å². The largest absolute Gasteiger partial charge is 0.456 e. The van der Waals surface area contributed by atoms with Gasteiger partial charge in [0.05, 0.1) is 12.3 Å². The van der Waals surface area contributed by atoms with E-state index >= 15 is 0 Å². The number of nitrogens with zero attached hydrogens (tertiary/aromatic N) is 1. The number of para-hydroxylation sites is 1. The molecule has 18 heavy (non-hydrogen) atoms. The Morgan fingerprint density at radius 3 is 2.89 bits per heavy atom. The van der Waals surface area contributed by atoms with Gasteiger partial charge in [-0.15, -0.1) is 0 Å². The molecule has 3 aromatic rings. The zero-order valence-corrected chi connectivity index (χ0v) is 9.81. The van der Waals surface area contributed by atoms with Crippen LogP contribution in [0.5, 0.6) is 0 Å². The molecule has 2 heteroatoms. The van der Waals surface area contributed by atoms with Gasteiger partial charge in [-0.25, -0.2) is 0 Å². The van der Waals surface area contributed by atoms with Crippen molar-refractivity contribution in [3.05, 3.63) is 60.2 Å². The summed E-state index contributed by atoms with van der Waals surface area (Å²) in [5, 5.41) is 2.31. The Morgan fingerprint density at radius 1 is 1.11 bits per heavy atom. The SMILES string of the molecule is C=CC1=NCc2cc3oc4ccccc4c3cc21. The molecule has 0 spiro atoms. The van der Waals surface area contributed by atoms with E-state index in [4.69, 9.17) is 4.42 Å². The molecule has 0 amide bonds. The molecule has 0 N–H and O–H groups in total. The maximum absolute atomic E-state index is 5.87. The molecule has 0 aliphatic carbocycles. The third kappa shape index (κ3) is 1.15. The number of rotatable bonds is 1. The Labute approximate surface area is 104 Å². The third-order valence-electron chi connectivity index (χ3n) is 3.49. The summed E-state index contributed by atoms with van der Waals surface area (Å²) in [6, 6.07) is 12.4. The highest BCUT2D eigenvalue weighted by molar-refractivity contribution is 6.15. The number of furan rings is 1. The quantitative estimate of drug-likeness (QED) is 0.622.